The van der Waals surface area contributed by atoms with E-state index < -0.39 is 0 Å². The van der Waals surface area contributed by atoms with E-state index >= 15 is 0 Å². The summed E-state index contributed by atoms with van der Waals surface area (Å²) in [6, 6.07) is 12.5. The molecule has 1 aliphatic rings. The van der Waals surface area contributed by atoms with Gasteiger partial charge in [-0.15, -0.1) is 5.10 Å². The van der Waals surface area contributed by atoms with Gasteiger partial charge in [0.25, 0.3) is 0 Å². The highest BCUT2D eigenvalue weighted by Crippen LogP contribution is 2.21. The van der Waals surface area contributed by atoms with E-state index in [0.29, 0.717) is 6.04 Å². The maximum absolute atomic E-state index is 4.85. The highest BCUT2D eigenvalue weighted by Gasteiger charge is 2.25. The topological polar surface area (TPSA) is 58.0 Å². The lowest BCUT2D eigenvalue weighted by atomic mass is 10.0. The van der Waals surface area contributed by atoms with Crippen molar-refractivity contribution in [1.82, 2.24) is 25.1 Å². The molecule has 4 rings (SSSR count). The van der Waals surface area contributed by atoms with Crippen LogP contribution in [0.1, 0.15) is 24.2 Å². The molecule has 1 fully saturated rings. The van der Waals surface area contributed by atoms with Crippen LogP contribution in [0.4, 0.5) is 5.82 Å². The molecule has 0 unspecified atom stereocenters. The van der Waals surface area contributed by atoms with Crippen molar-refractivity contribution < 1.29 is 0 Å². The van der Waals surface area contributed by atoms with Gasteiger partial charge in [0.1, 0.15) is 0 Å². The van der Waals surface area contributed by atoms with Crippen molar-refractivity contribution in [3.63, 3.8) is 0 Å². The van der Waals surface area contributed by atoms with Crippen molar-refractivity contribution >= 4 is 16.9 Å². The molecule has 1 aromatic carbocycles. The second kappa shape index (κ2) is 7.33. The smallest absolute Gasteiger partial charge is 0.151 e. The third-order valence-corrected chi connectivity index (χ3v) is 5.14. The van der Waals surface area contributed by atoms with Crippen LogP contribution in [-0.2, 0) is 6.54 Å². The minimum absolute atomic E-state index is 0.471. The van der Waals surface area contributed by atoms with Crippen LogP contribution in [0.25, 0.3) is 11.0 Å². The number of para-hydroxylation sites is 2. The first-order chi connectivity index (χ1) is 12.7. The van der Waals surface area contributed by atoms with Gasteiger partial charge < -0.3 is 4.90 Å². The molecule has 3 heterocycles. The molecule has 134 valence electrons. The third-order valence-electron chi connectivity index (χ3n) is 5.14. The molecule has 1 aliphatic heterocycles. The number of rotatable bonds is 4. The largest absolute Gasteiger partial charge is 0.354 e. The van der Waals surface area contributed by atoms with E-state index in [1.54, 1.807) is 6.20 Å². The Bertz CT molecular complexity index is 882. The van der Waals surface area contributed by atoms with E-state index in [9.17, 15) is 0 Å². The van der Waals surface area contributed by atoms with E-state index in [1.165, 1.54) is 6.42 Å². The zero-order valence-electron chi connectivity index (χ0n) is 15.3. The molecule has 0 spiro atoms. The highest BCUT2D eigenvalue weighted by molar-refractivity contribution is 5.74. The van der Waals surface area contributed by atoms with Crippen LogP contribution < -0.4 is 4.90 Å². The fourth-order valence-electron chi connectivity index (χ4n) is 3.62. The fraction of sp³-hybridized carbons (Fsp3) is 0.400. The summed E-state index contributed by atoms with van der Waals surface area (Å²) >= 11 is 0. The maximum Gasteiger partial charge on any atom is 0.151 e. The number of aryl methyl sites for hydroxylation is 1. The number of aromatic nitrogens is 4. The Labute approximate surface area is 153 Å². The maximum atomic E-state index is 4.85. The fourth-order valence-corrected chi connectivity index (χ4v) is 3.62. The van der Waals surface area contributed by atoms with E-state index in [-0.39, 0.29) is 0 Å². The number of nitrogens with zero attached hydrogens (tertiary/aromatic N) is 6. The predicted octanol–water partition coefficient (Wildman–Crippen LogP) is 2.83. The minimum atomic E-state index is 0.471. The van der Waals surface area contributed by atoms with Crippen molar-refractivity contribution in [2.24, 2.45) is 0 Å². The third kappa shape index (κ3) is 3.51. The van der Waals surface area contributed by atoms with Crippen molar-refractivity contribution in [3.8, 4) is 0 Å². The zero-order chi connectivity index (χ0) is 17.9. The Morgan fingerprint density at radius 3 is 2.69 bits per heavy atom. The Balaban J connectivity index is 1.49. The van der Waals surface area contributed by atoms with Crippen molar-refractivity contribution in [3.05, 3.63) is 54.0 Å². The highest BCUT2D eigenvalue weighted by atomic mass is 15.3. The molecule has 1 atom stereocenters. The summed E-state index contributed by atoms with van der Waals surface area (Å²) in [7, 11) is 2.18. The number of likely N-dealkylation sites (N-methyl/N-ethyl adjacent to an activating group) is 1. The molecule has 26 heavy (non-hydrogen) atoms. The molecule has 6 heteroatoms. The summed E-state index contributed by atoms with van der Waals surface area (Å²) in [5.41, 5.74) is 3.99. The zero-order valence-corrected chi connectivity index (χ0v) is 15.3. The van der Waals surface area contributed by atoms with Gasteiger partial charge in [-0.25, -0.2) is 9.97 Å². The molecule has 0 bridgehead atoms. The normalized spacial score (nSPS) is 17.8. The van der Waals surface area contributed by atoms with Gasteiger partial charge in [-0.1, -0.05) is 12.1 Å². The van der Waals surface area contributed by atoms with Crippen LogP contribution in [-0.4, -0.2) is 51.2 Å². The van der Waals surface area contributed by atoms with Gasteiger partial charge >= 0.3 is 0 Å². The van der Waals surface area contributed by atoms with Crippen LogP contribution in [0.3, 0.4) is 0 Å². The van der Waals surface area contributed by atoms with E-state index in [4.69, 9.17) is 9.97 Å². The summed E-state index contributed by atoms with van der Waals surface area (Å²) in [6.07, 6.45) is 4.07. The van der Waals surface area contributed by atoms with Crippen LogP contribution in [0.2, 0.25) is 0 Å². The summed E-state index contributed by atoms with van der Waals surface area (Å²) in [4.78, 5) is 14.3. The van der Waals surface area contributed by atoms with E-state index in [0.717, 1.165) is 54.3 Å². The van der Waals surface area contributed by atoms with Crippen molar-refractivity contribution in [1.29, 1.82) is 0 Å². The van der Waals surface area contributed by atoms with Crippen LogP contribution in [0.5, 0.6) is 0 Å². The van der Waals surface area contributed by atoms with Gasteiger partial charge in [-0.2, -0.15) is 5.10 Å². The summed E-state index contributed by atoms with van der Waals surface area (Å²) in [5.74, 6) is 0.965. The summed E-state index contributed by atoms with van der Waals surface area (Å²) < 4.78 is 0. The number of hydrogen-bond acceptors (Lipinski definition) is 6. The van der Waals surface area contributed by atoms with E-state index in [2.05, 4.69) is 34.0 Å². The van der Waals surface area contributed by atoms with E-state index in [1.807, 2.05) is 36.4 Å². The van der Waals surface area contributed by atoms with Gasteiger partial charge in [0, 0.05) is 31.9 Å². The number of fused-ring (bicyclic) bond motifs is 1. The van der Waals surface area contributed by atoms with Gasteiger partial charge in [-0.05, 0) is 51.1 Å². The second-order valence-electron chi connectivity index (χ2n) is 6.98. The number of hydrogen-bond donors (Lipinski definition) is 0. The predicted molar refractivity (Wildman–Crippen MR) is 103 cm³/mol. The standard InChI is InChI=1S/C20H24N6/c1-15-19(23-18-9-4-3-8-17(18)22-15)14-25(2)16-7-6-12-26(13-16)20-10-5-11-21-24-20/h3-5,8-11,16H,6-7,12-14H2,1-2H3/t16-/m0/s1. The van der Waals surface area contributed by atoms with Gasteiger partial charge in [0.2, 0.25) is 0 Å². The number of piperidine rings is 1. The Morgan fingerprint density at radius 2 is 1.92 bits per heavy atom. The van der Waals surface area contributed by atoms with Crippen molar-refractivity contribution in [2.75, 3.05) is 25.0 Å². The lowest BCUT2D eigenvalue weighted by Crippen LogP contribution is -2.46. The second-order valence-corrected chi connectivity index (χ2v) is 6.98. The Hall–Kier alpha value is -2.60. The first-order valence-electron chi connectivity index (χ1n) is 9.16. The number of benzene rings is 1. The van der Waals surface area contributed by atoms with Crippen LogP contribution >= 0.6 is 0 Å². The molecular weight excluding hydrogens is 324 g/mol. The first kappa shape index (κ1) is 16.8. The molecular formula is C20H24N6. The molecule has 0 N–H and O–H groups in total. The molecule has 0 saturated carbocycles. The first-order valence-corrected chi connectivity index (χ1v) is 9.16. The summed E-state index contributed by atoms with van der Waals surface area (Å²) in [5, 5.41) is 8.28. The molecule has 0 aliphatic carbocycles. The monoisotopic (exact) mass is 348 g/mol. The molecule has 2 aromatic heterocycles. The Kier molecular flexibility index (Phi) is 4.75. The van der Waals surface area contributed by atoms with Crippen LogP contribution in [0.15, 0.2) is 42.6 Å². The van der Waals surface area contributed by atoms with Gasteiger partial charge in [0.15, 0.2) is 5.82 Å². The Morgan fingerprint density at radius 1 is 1.12 bits per heavy atom. The average Bonchev–Trinajstić information content (AvgIpc) is 2.69. The molecule has 0 amide bonds. The summed E-state index contributed by atoms with van der Waals surface area (Å²) in [6.45, 7) is 4.87. The molecule has 0 radical (unpaired) electrons. The minimum Gasteiger partial charge on any atom is -0.354 e. The SMILES string of the molecule is Cc1nc2ccccc2nc1CN(C)[C@H]1CCCN(c2cccnn2)C1. The quantitative estimate of drug-likeness (QED) is 0.723. The number of anilines is 1. The van der Waals surface area contributed by atoms with Crippen molar-refractivity contribution in [2.45, 2.75) is 32.4 Å². The van der Waals surface area contributed by atoms with Gasteiger partial charge in [0.05, 0.1) is 22.4 Å². The van der Waals surface area contributed by atoms with Crippen LogP contribution in [0, 0.1) is 6.92 Å². The lowest BCUT2D eigenvalue weighted by molar-refractivity contribution is 0.205. The molecule has 6 nitrogen and oxygen atoms in total. The average molecular weight is 348 g/mol. The van der Waals surface area contributed by atoms with Gasteiger partial charge in [-0.3, -0.25) is 4.90 Å². The lowest BCUT2D eigenvalue weighted by Gasteiger charge is -2.38. The molecule has 1 saturated heterocycles. The molecule has 3 aromatic rings.